The predicted octanol–water partition coefficient (Wildman–Crippen LogP) is 22.8. The van der Waals surface area contributed by atoms with Gasteiger partial charge in [-0.2, -0.15) is 0 Å². The van der Waals surface area contributed by atoms with E-state index in [0.717, 1.165) is 227 Å². The van der Waals surface area contributed by atoms with Crippen LogP contribution in [-0.2, 0) is 51.4 Å². The van der Waals surface area contributed by atoms with Crippen molar-refractivity contribution in [2.45, 2.75) is 285 Å². The number of hydrogen-bond donors (Lipinski definition) is 0. The van der Waals surface area contributed by atoms with Gasteiger partial charge in [-0.25, -0.2) is 9.80 Å². The van der Waals surface area contributed by atoms with Crippen LogP contribution in [-0.4, -0.2) is 23.6 Å². The summed E-state index contributed by atoms with van der Waals surface area (Å²) in [7, 11) is 0. The number of aryl methyl sites for hydroxylation is 8. The molecule has 0 unspecified atom stereocenters. The number of rotatable bonds is 26. The van der Waals surface area contributed by atoms with Gasteiger partial charge in [-0.15, -0.1) is 0 Å². The van der Waals surface area contributed by atoms with Crippen molar-refractivity contribution in [3.8, 4) is 0 Å². The van der Waals surface area contributed by atoms with Gasteiger partial charge in [0.2, 0.25) is 0 Å². The van der Waals surface area contributed by atoms with E-state index in [-0.39, 0.29) is 23.6 Å². The van der Waals surface area contributed by atoms with E-state index >= 15 is 19.2 Å². The summed E-state index contributed by atoms with van der Waals surface area (Å²) in [6.07, 6.45) is 44.3. The first-order chi connectivity index (χ1) is 44.2. The molecule has 4 fully saturated rings. The summed E-state index contributed by atoms with van der Waals surface area (Å²) in [6.45, 7) is 9.05. The third-order valence-electron chi connectivity index (χ3n) is 23.6. The Hall–Kier alpha value is -5.88. The molecule has 6 aliphatic rings. The molecule has 476 valence electrons. The average Bonchev–Trinajstić information content (AvgIpc) is 0.675. The summed E-state index contributed by atoms with van der Waals surface area (Å²) in [6, 6.07) is 22.3. The number of nitrogens with zero attached hydrogens (tertiary/aromatic N) is 2. The van der Waals surface area contributed by atoms with Crippen molar-refractivity contribution in [1.82, 2.24) is 0 Å². The minimum absolute atomic E-state index is 0.185. The molecule has 0 bridgehead atoms. The van der Waals surface area contributed by atoms with Crippen LogP contribution >= 0.6 is 0 Å². The van der Waals surface area contributed by atoms with E-state index in [9.17, 15) is 0 Å². The Morgan fingerprint density at radius 3 is 0.744 bits per heavy atom. The lowest BCUT2D eigenvalue weighted by Crippen LogP contribution is -2.42. The molecular formula is C84H106N2O4. The third-order valence-corrected chi connectivity index (χ3v) is 23.6. The van der Waals surface area contributed by atoms with E-state index in [0.29, 0.717) is 45.9 Å². The standard InChI is InChI=1S/C84H106N2O4/c1-5-9-35-63-51-67-75-68(82(88)85(81(67)87)79-59(47-43-55-27-17-13-18-28-55)39-25-40-60(79)48-44-56-29-19-14-20-30-56)53-65(37-11-7-3)73-74-66(38-12-8-4)54-70-76-69(52-64(36-10-6-2)72(78(74)76)71(63)77(73)75)83(89)86(84(70)90)80-61(49-45-57-31-21-15-22-32-57)41-26-42-62(80)50-46-58-33-23-16-24-34-58/h25-26,39-42,51-58H,5-24,27-38,43-50H2,1-4H3. The Kier molecular flexibility index (Phi) is 20.0. The maximum Gasteiger partial charge on any atom is 0.266 e. The highest BCUT2D eigenvalue weighted by Gasteiger charge is 2.43. The number of hydrogen-bond acceptors (Lipinski definition) is 4. The summed E-state index contributed by atoms with van der Waals surface area (Å²) >= 11 is 0. The van der Waals surface area contributed by atoms with Gasteiger partial charge in [0.15, 0.2) is 0 Å². The molecule has 0 N–H and O–H groups in total. The van der Waals surface area contributed by atoms with E-state index in [1.807, 2.05) is 0 Å². The largest absolute Gasteiger partial charge is 0.268 e. The lowest BCUT2D eigenvalue weighted by Gasteiger charge is -2.35. The molecular weight excluding hydrogens is 1100 g/mol. The van der Waals surface area contributed by atoms with Crippen LogP contribution in [0.1, 0.15) is 319 Å². The van der Waals surface area contributed by atoms with Crippen LogP contribution in [0.25, 0.3) is 43.1 Å². The Bertz CT molecular complexity index is 3290. The number of carbonyl (C=O) groups is 4. The summed E-state index contributed by atoms with van der Waals surface area (Å²) in [5.41, 5.74) is 13.5. The fourth-order valence-corrected chi connectivity index (χ4v) is 18.7. The van der Waals surface area contributed by atoms with Crippen molar-refractivity contribution >= 4 is 78.1 Å². The van der Waals surface area contributed by atoms with Gasteiger partial charge in [0.1, 0.15) is 0 Å². The number of amides is 4. The average molecular weight is 1210 g/mol. The monoisotopic (exact) mass is 1210 g/mol. The number of fused-ring (bicyclic) bond motifs is 2. The van der Waals surface area contributed by atoms with Crippen LogP contribution in [0, 0.1) is 23.7 Å². The molecule has 6 nitrogen and oxygen atoms in total. The maximum absolute atomic E-state index is 16.5. The molecule has 4 aliphatic carbocycles. The van der Waals surface area contributed by atoms with Gasteiger partial charge in [-0.3, -0.25) is 19.2 Å². The number of anilines is 2. The minimum atomic E-state index is -0.185. The highest BCUT2D eigenvalue weighted by atomic mass is 16.2. The Morgan fingerprint density at radius 1 is 0.289 bits per heavy atom. The van der Waals surface area contributed by atoms with Gasteiger partial charge in [0.25, 0.3) is 23.6 Å². The number of carbonyl (C=O) groups excluding carboxylic acids is 4. The summed E-state index contributed by atoms with van der Waals surface area (Å²) < 4.78 is 0. The van der Waals surface area contributed by atoms with E-state index in [1.54, 1.807) is 9.80 Å². The number of imide groups is 2. The molecule has 6 heteroatoms. The van der Waals surface area contributed by atoms with Crippen molar-refractivity contribution < 1.29 is 19.2 Å². The van der Waals surface area contributed by atoms with Crippen LogP contribution in [0.15, 0.2) is 60.7 Å². The van der Waals surface area contributed by atoms with Crippen LogP contribution in [0.4, 0.5) is 11.4 Å². The lowest BCUT2D eigenvalue weighted by atomic mass is 9.75. The van der Waals surface area contributed by atoms with Crippen LogP contribution in [0.3, 0.4) is 0 Å². The summed E-state index contributed by atoms with van der Waals surface area (Å²) in [5, 5.41) is 8.27. The van der Waals surface area contributed by atoms with Crippen molar-refractivity contribution in [3.05, 3.63) is 127 Å². The fourth-order valence-electron chi connectivity index (χ4n) is 18.7. The maximum atomic E-state index is 16.5. The zero-order valence-electron chi connectivity index (χ0n) is 55.9. The van der Waals surface area contributed by atoms with Crippen LogP contribution < -0.4 is 9.80 Å². The minimum Gasteiger partial charge on any atom is -0.268 e. The summed E-state index contributed by atoms with van der Waals surface area (Å²) in [5.74, 6) is 1.94. The first-order valence-electron chi connectivity index (χ1n) is 37.5. The molecule has 2 heterocycles. The highest BCUT2D eigenvalue weighted by Crippen LogP contribution is 2.53. The fraction of sp³-hybridized carbons (Fsp3) is 0.571. The van der Waals surface area contributed by atoms with E-state index in [1.165, 1.54) is 128 Å². The molecule has 4 amide bonds. The van der Waals surface area contributed by atoms with Crippen LogP contribution in [0.5, 0.6) is 0 Å². The van der Waals surface area contributed by atoms with Gasteiger partial charge in [0, 0.05) is 33.0 Å². The smallest absolute Gasteiger partial charge is 0.266 e. The molecule has 90 heavy (non-hydrogen) atoms. The second kappa shape index (κ2) is 28.5. The molecule has 7 aromatic carbocycles. The molecule has 4 saturated carbocycles. The normalized spacial score (nSPS) is 18.3. The zero-order chi connectivity index (χ0) is 61.8. The Morgan fingerprint density at radius 2 is 0.522 bits per heavy atom. The van der Waals surface area contributed by atoms with Crippen LogP contribution in [0.2, 0.25) is 0 Å². The molecule has 2 aliphatic heterocycles. The highest BCUT2D eigenvalue weighted by molar-refractivity contribution is 6.47. The van der Waals surface area contributed by atoms with Gasteiger partial charge in [-0.05, 0) is 227 Å². The third kappa shape index (κ3) is 12.2. The quantitative estimate of drug-likeness (QED) is 0.0308. The molecule has 0 radical (unpaired) electrons. The van der Waals surface area contributed by atoms with Crippen molar-refractivity contribution in [3.63, 3.8) is 0 Å². The first-order valence-corrected chi connectivity index (χ1v) is 37.5. The molecule has 0 aromatic heterocycles. The van der Waals surface area contributed by atoms with Crippen molar-refractivity contribution in [2.75, 3.05) is 9.80 Å². The van der Waals surface area contributed by atoms with Gasteiger partial charge >= 0.3 is 0 Å². The molecule has 13 rings (SSSR count). The van der Waals surface area contributed by atoms with Crippen molar-refractivity contribution in [2.24, 2.45) is 23.7 Å². The lowest BCUT2D eigenvalue weighted by molar-refractivity contribution is 0.0877. The molecule has 7 aromatic rings. The zero-order valence-corrected chi connectivity index (χ0v) is 55.9. The number of unbranched alkanes of at least 4 members (excludes halogenated alkanes) is 4. The Labute approximate surface area is 539 Å². The van der Waals surface area contributed by atoms with Gasteiger partial charge < -0.3 is 0 Å². The van der Waals surface area contributed by atoms with Crippen molar-refractivity contribution in [1.29, 1.82) is 0 Å². The SMILES string of the molecule is CCCCc1cc2c3c(cc(CCCC)c4c5c(CCCC)cc6c7c(cc(CCCC)c(c1c34)c75)C(=O)N(c1c(CCC3CCCCC3)cccc1CCC1CCCCC1)C6=O)C(=O)N(c1c(CCC3CCCCC3)cccc1CCC1CCCCC1)C2=O. The topological polar surface area (TPSA) is 74.8 Å². The molecule has 0 spiro atoms. The van der Waals surface area contributed by atoms with E-state index in [4.69, 9.17) is 0 Å². The van der Waals surface area contributed by atoms with Gasteiger partial charge in [-0.1, -0.05) is 218 Å². The molecule has 0 atom stereocenters. The number of benzene rings is 7. The molecule has 0 saturated heterocycles. The van der Waals surface area contributed by atoms with E-state index < -0.39 is 0 Å². The second-order valence-corrected chi connectivity index (χ2v) is 29.7. The predicted molar refractivity (Wildman–Crippen MR) is 377 cm³/mol. The Balaban J connectivity index is 1.04. The summed E-state index contributed by atoms with van der Waals surface area (Å²) in [4.78, 5) is 69.3. The number of para-hydroxylation sites is 2. The second-order valence-electron chi connectivity index (χ2n) is 29.7. The first kappa shape index (κ1) is 62.9. The van der Waals surface area contributed by atoms with Gasteiger partial charge in [0.05, 0.1) is 11.4 Å². The van der Waals surface area contributed by atoms with E-state index in [2.05, 4.69) is 88.4 Å².